The van der Waals surface area contributed by atoms with Gasteiger partial charge in [-0.2, -0.15) is 4.98 Å². The highest BCUT2D eigenvalue weighted by atomic mass is 32.2. The predicted octanol–water partition coefficient (Wildman–Crippen LogP) is 1.63. The molecule has 1 heterocycles. The largest absolute Gasteiger partial charge is 0.481 e. The number of nitro groups is 1. The van der Waals surface area contributed by atoms with Gasteiger partial charge in [-0.05, 0) is 5.92 Å². The van der Waals surface area contributed by atoms with Gasteiger partial charge in [0.05, 0.1) is 17.8 Å². The molecule has 1 rings (SSSR count). The van der Waals surface area contributed by atoms with E-state index in [0.717, 1.165) is 11.8 Å². The Labute approximate surface area is 108 Å². The summed E-state index contributed by atoms with van der Waals surface area (Å²) in [5, 5.41) is 10.7. The van der Waals surface area contributed by atoms with Gasteiger partial charge in [-0.1, -0.05) is 17.7 Å². The maximum Gasteiger partial charge on any atom is 0.303 e. The third-order valence-corrected chi connectivity index (χ3v) is 2.50. The average molecular weight is 266 g/mol. The quantitative estimate of drug-likeness (QED) is 0.470. The normalized spacial score (nSPS) is 9.22. The Balaban J connectivity index is 2.97. The van der Waals surface area contributed by atoms with Gasteiger partial charge in [0.1, 0.15) is 0 Å². The third kappa shape index (κ3) is 4.07. The molecule has 0 aromatic carbocycles. The highest BCUT2D eigenvalue weighted by molar-refractivity contribution is 8.13. The van der Waals surface area contributed by atoms with Crippen LogP contribution in [0, 0.1) is 22.0 Å². The smallest absolute Gasteiger partial charge is 0.303 e. The SMILES string of the molecule is COc1ccc([N+](=O)[O-])c(C#CCSC(C)=O)n1. The summed E-state index contributed by atoms with van der Waals surface area (Å²) in [4.78, 5) is 24.8. The average Bonchev–Trinajstić information content (AvgIpc) is 2.33. The van der Waals surface area contributed by atoms with Crippen molar-refractivity contribution in [1.82, 2.24) is 4.98 Å². The lowest BCUT2D eigenvalue weighted by Crippen LogP contribution is -1.97. The summed E-state index contributed by atoms with van der Waals surface area (Å²) in [6.07, 6.45) is 0. The molecule has 1 aromatic rings. The summed E-state index contributed by atoms with van der Waals surface area (Å²) in [5.41, 5.74) is -0.153. The van der Waals surface area contributed by atoms with Crippen LogP contribution in [0.1, 0.15) is 12.6 Å². The van der Waals surface area contributed by atoms with E-state index in [0.29, 0.717) is 0 Å². The summed E-state index contributed by atoms with van der Waals surface area (Å²) in [5.74, 6) is 5.74. The first kappa shape index (κ1) is 14.0. The van der Waals surface area contributed by atoms with Crippen LogP contribution < -0.4 is 4.74 Å². The van der Waals surface area contributed by atoms with Gasteiger partial charge in [0, 0.05) is 19.1 Å². The van der Waals surface area contributed by atoms with E-state index >= 15 is 0 Å². The minimum atomic E-state index is -0.561. The fourth-order valence-electron chi connectivity index (χ4n) is 1.04. The van der Waals surface area contributed by atoms with Crippen LogP contribution in [0.2, 0.25) is 0 Å². The van der Waals surface area contributed by atoms with Crippen molar-refractivity contribution in [2.24, 2.45) is 0 Å². The number of carbonyl (C=O) groups is 1. The third-order valence-electron chi connectivity index (χ3n) is 1.81. The number of methoxy groups -OCH3 is 1. The minimum absolute atomic E-state index is 0.0310. The monoisotopic (exact) mass is 266 g/mol. The number of rotatable bonds is 3. The second-order valence-electron chi connectivity index (χ2n) is 3.06. The van der Waals surface area contributed by atoms with Gasteiger partial charge in [-0.25, -0.2) is 0 Å². The van der Waals surface area contributed by atoms with Gasteiger partial charge >= 0.3 is 5.69 Å². The molecule has 0 spiro atoms. The lowest BCUT2D eigenvalue weighted by atomic mass is 10.3. The summed E-state index contributed by atoms with van der Waals surface area (Å²) in [6, 6.07) is 2.68. The van der Waals surface area contributed by atoms with E-state index in [-0.39, 0.29) is 28.1 Å². The molecule has 0 aliphatic rings. The van der Waals surface area contributed by atoms with Crippen LogP contribution in [0.5, 0.6) is 5.88 Å². The molecule has 0 radical (unpaired) electrons. The second kappa shape index (κ2) is 6.61. The molecule has 0 saturated carbocycles. The number of hydrogen-bond acceptors (Lipinski definition) is 6. The van der Waals surface area contributed by atoms with Crippen molar-refractivity contribution in [1.29, 1.82) is 0 Å². The lowest BCUT2D eigenvalue weighted by Gasteiger charge is -1.99. The molecule has 94 valence electrons. The Bertz CT molecular complexity index is 534. The molecule has 0 saturated heterocycles. The van der Waals surface area contributed by atoms with Crippen LogP contribution in [-0.2, 0) is 4.79 Å². The van der Waals surface area contributed by atoms with Crippen LogP contribution >= 0.6 is 11.8 Å². The molecule has 0 N–H and O–H groups in total. The van der Waals surface area contributed by atoms with Crippen LogP contribution in [-0.4, -0.2) is 27.9 Å². The Morgan fingerprint density at radius 2 is 2.33 bits per heavy atom. The van der Waals surface area contributed by atoms with Gasteiger partial charge in [-0.15, -0.1) is 0 Å². The van der Waals surface area contributed by atoms with Gasteiger partial charge in [0.15, 0.2) is 10.8 Å². The summed E-state index contributed by atoms with van der Waals surface area (Å²) < 4.78 is 4.87. The molecule has 1 aromatic heterocycles. The van der Waals surface area contributed by atoms with Crippen molar-refractivity contribution >= 4 is 22.6 Å². The van der Waals surface area contributed by atoms with Crippen LogP contribution in [0.4, 0.5) is 5.69 Å². The topological polar surface area (TPSA) is 82.3 Å². The first-order chi connectivity index (χ1) is 8.54. The Morgan fingerprint density at radius 3 is 2.89 bits per heavy atom. The molecule has 0 aliphatic heterocycles. The summed E-state index contributed by atoms with van der Waals surface area (Å²) in [6.45, 7) is 1.43. The number of pyridine rings is 1. The highest BCUT2D eigenvalue weighted by Crippen LogP contribution is 2.19. The zero-order valence-electron chi connectivity index (χ0n) is 9.80. The van der Waals surface area contributed by atoms with Crippen molar-refractivity contribution < 1.29 is 14.5 Å². The van der Waals surface area contributed by atoms with E-state index in [1.807, 2.05) is 0 Å². The maximum absolute atomic E-state index is 10.8. The number of aromatic nitrogens is 1. The Morgan fingerprint density at radius 1 is 1.61 bits per heavy atom. The molecule has 0 amide bonds. The van der Waals surface area contributed by atoms with E-state index in [9.17, 15) is 14.9 Å². The molecular formula is C11H10N2O4S. The zero-order chi connectivity index (χ0) is 13.5. The van der Waals surface area contributed by atoms with E-state index in [1.54, 1.807) is 0 Å². The lowest BCUT2D eigenvalue weighted by molar-refractivity contribution is -0.385. The number of hydrogen-bond donors (Lipinski definition) is 0. The molecule has 7 heteroatoms. The number of thioether (sulfide) groups is 1. The number of carbonyl (C=O) groups excluding carboxylic acids is 1. The summed E-state index contributed by atoms with van der Waals surface area (Å²) >= 11 is 1.03. The van der Waals surface area contributed by atoms with Crippen molar-refractivity contribution in [3.63, 3.8) is 0 Å². The molecule has 0 unspecified atom stereocenters. The van der Waals surface area contributed by atoms with Crippen molar-refractivity contribution in [2.45, 2.75) is 6.92 Å². The molecule has 0 aliphatic carbocycles. The van der Waals surface area contributed by atoms with E-state index < -0.39 is 4.92 Å². The highest BCUT2D eigenvalue weighted by Gasteiger charge is 2.14. The fourth-order valence-corrected chi connectivity index (χ4v) is 1.39. The van der Waals surface area contributed by atoms with Crippen LogP contribution in [0.15, 0.2) is 12.1 Å². The zero-order valence-corrected chi connectivity index (χ0v) is 10.6. The van der Waals surface area contributed by atoms with Crippen LogP contribution in [0.25, 0.3) is 0 Å². The van der Waals surface area contributed by atoms with E-state index in [4.69, 9.17) is 4.74 Å². The van der Waals surface area contributed by atoms with E-state index in [1.165, 1.54) is 26.2 Å². The van der Waals surface area contributed by atoms with E-state index in [2.05, 4.69) is 16.8 Å². The predicted molar refractivity (Wildman–Crippen MR) is 67.5 cm³/mol. The van der Waals surface area contributed by atoms with Crippen LogP contribution in [0.3, 0.4) is 0 Å². The minimum Gasteiger partial charge on any atom is -0.481 e. The summed E-state index contributed by atoms with van der Waals surface area (Å²) in [7, 11) is 1.41. The van der Waals surface area contributed by atoms with Gasteiger partial charge < -0.3 is 4.74 Å². The van der Waals surface area contributed by atoms with Gasteiger partial charge in [0.25, 0.3) is 0 Å². The Kier molecular flexibility index (Phi) is 5.14. The maximum atomic E-state index is 10.8. The standard InChI is InChI=1S/C11H10N2O4S/c1-8(14)18-7-3-4-9-10(13(15)16)5-6-11(12-9)17-2/h5-6H,7H2,1-2H3. The Hall–Kier alpha value is -2.07. The molecule has 6 nitrogen and oxygen atoms in total. The van der Waals surface area contributed by atoms with Crippen molar-refractivity contribution in [3.05, 3.63) is 27.9 Å². The number of ether oxygens (including phenoxy) is 1. The van der Waals surface area contributed by atoms with Gasteiger partial charge in [0.2, 0.25) is 5.88 Å². The number of nitrogens with zero attached hydrogens (tertiary/aromatic N) is 2. The molecule has 18 heavy (non-hydrogen) atoms. The first-order valence-corrected chi connectivity index (χ1v) is 5.85. The molecule has 0 atom stereocenters. The second-order valence-corrected chi connectivity index (χ2v) is 4.21. The van der Waals surface area contributed by atoms with Crippen molar-refractivity contribution in [3.8, 4) is 17.7 Å². The fraction of sp³-hybridized carbons (Fsp3) is 0.273. The first-order valence-electron chi connectivity index (χ1n) is 4.86. The molecular weight excluding hydrogens is 256 g/mol. The van der Waals surface area contributed by atoms with Gasteiger partial charge in [-0.3, -0.25) is 14.9 Å². The van der Waals surface area contributed by atoms with Crippen molar-refractivity contribution in [2.75, 3.05) is 12.9 Å². The molecule has 0 bridgehead atoms. The molecule has 0 fully saturated rings.